The van der Waals surface area contributed by atoms with Crippen molar-refractivity contribution in [1.82, 2.24) is 60.7 Å². The van der Waals surface area contributed by atoms with Crippen LogP contribution < -0.4 is 37.2 Å². The van der Waals surface area contributed by atoms with Crippen LogP contribution >= 0.6 is 0 Å². The van der Waals surface area contributed by atoms with E-state index >= 15 is 0 Å². The van der Waals surface area contributed by atoms with E-state index < -0.39 is 152 Å². The first-order valence-corrected chi connectivity index (χ1v) is 47.7. The minimum atomic E-state index is -4.99. The molecule has 4 aromatic carbocycles. The molecule has 3 aliphatic heterocycles. The molecule has 4 aliphatic rings. The molecule has 1 saturated heterocycles. The van der Waals surface area contributed by atoms with Gasteiger partial charge < -0.3 is 52.2 Å². The number of unbranched alkanes of at least 4 members (excludes halogenated alkanes) is 3. The molecule has 1 aliphatic carbocycles. The number of carbonyl (C=O) groups is 8. The van der Waals surface area contributed by atoms with Crippen molar-refractivity contribution in [1.29, 1.82) is 0 Å². The summed E-state index contributed by atoms with van der Waals surface area (Å²) in [5.74, 6) is -6.38. The van der Waals surface area contributed by atoms with Crippen molar-refractivity contribution >= 4 is 126 Å². The number of aromatic nitrogens is 5. The number of primary amides is 1. The molecule has 6 heterocycles. The third-order valence-electron chi connectivity index (χ3n) is 23.5. The van der Waals surface area contributed by atoms with Crippen LogP contribution in [0.15, 0.2) is 136 Å². The summed E-state index contributed by atoms with van der Waals surface area (Å²) >= 11 is 0. The van der Waals surface area contributed by atoms with Crippen LogP contribution in [0.3, 0.4) is 0 Å². The Balaban J connectivity index is 0.688. The summed E-state index contributed by atoms with van der Waals surface area (Å²) in [5.41, 5.74) is 12.5. The Morgan fingerprint density at radius 2 is 1.45 bits per heavy atom. The summed E-state index contributed by atoms with van der Waals surface area (Å²) < 4.78 is 137. The minimum absolute atomic E-state index is 0.00707. The lowest BCUT2D eigenvalue weighted by atomic mass is 9.79. The molecule has 11 rings (SSSR count). The second-order valence-electron chi connectivity index (χ2n) is 33.1. The van der Waals surface area contributed by atoms with E-state index in [0.717, 1.165) is 89.8 Å². The molecular weight excluding hydrogens is 1700 g/mol. The highest BCUT2D eigenvalue weighted by Gasteiger charge is 2.47. The highest BCUT2D eigenvalue weighted by molar-refractivity contribution is 7.89. The third-order valence-corrected chi connectivity index (χ3v) is 27.9. The number of amides is 7. The van der Waals surface area contributed by atoms with Gasteiger partial charge in [0.2, 0.25) is 57.1 Å². The Bertz CT molecular complexity index is 5960. The van der Waals surface area contributed by atoms with E-state index in [2.05, 4.69) is 52.6 Å². The zero-order valence-electron chi connectivity index (χ0n) is 71.1. The van der Waals surface area contributed by atoms with Gasteiger partial charge in [-0.05, 0) is 174 Å². The van der Waals surface area contributed by atoms with Gasteiger partial charge in [0.05, 0.1) is 53.2 Å². The quantitative estimate of drug-likeness (QED) is 0.00801. The molecule has 7 aromatic rings. The Kier molecular flexibility index (Phi) is 30.9. The summed E-state index contributed by atoms with van der Waals surface area (Å²) in [4.78, 5) is 129. The highest BCUT2D eigenvalue weighted by atomic mass is 32.2. The number of aromatic amines is 1. The minimum Gasteiger partial charge on any atom is -0.481 e. The number of benzene rings is 4. The van der Waals surface area contributed by atoms with Crippen LogP contribution in [0, 0.1) is 13.8 Å². The van der Waals surface area contributed by atoms with Crippen LogP contribution in [0.1, 0.15) is 181 Å². The Labute approximate surface area is 732 Å². The first kappa shape index (κ1) is 95.6. The number of fused-ring (bicyclic) bond motifs is 7. The van der Waals surface area contributed by atoms with Crippen molar-refractivity contribution in [3.8, 4) is 0 Å². The number of nitrogens with one attached hydrogen (secondary N) is 6. The van der Waals surface area contributed by atoms with Crippen LogP contribution in [0.2, 0.25) is 0 Å². The van der Waals surface area contributed by atoms with Gasteiger partial charge in [-0.15, -0.1) is 0 Å². The molecule has 4 atom stereocenters. The van der Waals surface area contributed by atoms with Gasteiger partial charge in [-0.2, -0.15) is 29.8 Å². The summed E-state index contributed by atoms with van der Waals surface area (Å²) in [7, 11) is -17.3. The maximum Gasteiger partial charge on any atom is 0.303 e. The summed E-state index contributed by atoms with van der Waals surface area (Å²) in [6.45, 7) is 14.7. The second-order valence-corrected chi connectivity index (χ2v) is 39.5. The van der Waals surface area contributed by atoms with Crippen molar-refractivity contribution < 1.29 is 95.4 Å². The Hall–Kier alpha value is -11.1. The smallest absolute Gasteiger partial charge is 0.303 e. The largest absolute Gasteiger partial charge is 0.481 e. The molecule has 674 valence electrons. The summed E-state index contributed by atoms with van der Waals surface area (Å²) in [5, 5.41) is 23.8. The predicted molar refractivity (Wildman–Crippen MR) is 468 cm³/mol. The lowest BCUT2D eigenvalue weighted by Crippen LogP contribution is -2.56. The number of nitrogens with zero attached hydrogens (tertiary/aromatic N) is 8. The van der Waals surface area contributed by atoms with Crippen molar-refractivity contribution in [2.75, 3.05) is 57.0 Å². The van der Waals surface area contributed by atoms with Crippen LogP contribution in [-0.4, -0.2) is 214 Å². The SMILES string of the molecule is [CH]CC[N+]1=C(/C=C/C=C/C=C2/N(CCCS(=O)(=O)O)c3ccc4c(S(=O)(=O)N(C)CCCC(=O)NC(Cc5cnc[nH]5)C(=O)NCC(=O)N5CCCC5C(=O)NC(CC(N)=O)C(=O)NCC(=O)NCc5cc6c(nc5CCCCCC[C@@H](CC(=O)O)c5cnc(C)nc5)CCCC6)cccc4c3C2(C)C)C(C)(C)c2c1ccc1c(S(=O)(=O)O)cc(S(=O)(=O)O)cc21. The molecule has 35 nitrogen and oxygen atoms in total. The number of likely N-dealkylation sites (tertiary alicyclic amines) is 1. The molecule has 7 amide bonds. The fourth-order valence-corrected chi connectivity index (χ4v) is 20.6. The first-order valence-electron chi connectivity index (χ1n) is 41.8. The molecule has 0 saturated carbocycles. The van der Waals surface area contributed by atoms with E-state index in [9.17, 15) is 90.8 Å². The maximum atomic E-state index is 14.8. The monoisotopic (exact) mass is 1810 g/mol. The van der Waals surface area contributed by atoms with Crippen molar-refractivity contribution in [3.63, 3.8) is 0 Å². The van der Waals surface area contributed by atoms with Crippen LogP contribution in [0.5, 0.6) is 0 Å². The number of carboxylic acid groups (broad SMARTS) is 1. The number of hydrogen-bond acceptors (Lipinski definition) is 21. The standard InChI is InChI=1S/C87H107N15O20S4/c1-8-36-100-70-35-33-62-64(44-60(125(117,118)119)45-73(62)126(120,121)122)82(70)87(5,6)74(100)29-14-11-15-30-75-86(3,4)81-63-24-18-28-72(61(63)32-34-69(81)101(75)39-21-40-123(112,113)114)124(115,116)99(7)37-20-31-77(104)97-67(43-59-50-89-53-95-59)83(109)94-52-79(106)102-38-19-27-71(102)85(111)98-68(46-76(88)103)84(110)93-51-78(105)92-47-57-41-56-23-16-17-26-65(56)96-66(57)25-13-10-9-12-22-55(42-80(107)108)58-48-90-54(2)91-49-58/h1,11,14-15,18,24,28-30,32-35,41,44-45,48-50,53,55,67-68,71H,8-10,12-13,16-17,19-23,25-27,31,36-40,42-43,46-47,51-52H2,2-7H3,(H11-,88,89,92,93,94,95,97,98,103,104,105,107,108,109,110,111,112,113,114,117,118,119,120,121,122)/p+1/t55-,67?,68?,71?/m0/s1. The second kappa shape index (κ2) is 40.7. The van der Waals surface area contributed by atoms with Gasteiger partial charge in [0.15, 0.2) is 5.71 Å². The fraction of sp³-hybridized carbons (Fsp3) is 0.448. The number of rotatable bonds is 42. The number of aliphatic carboxylic acids is 1. The van der Waals surface area contributed by atoms with Gasteiger partial charge in [-0.1, -0.05) is 75.6 Å². The molecule has 0 bridgehead atoms. The number of allylic oxidation sites excluding steroid dienone is 6. The molecule has 0 spiro atoms. The number of aryl methyl sites for hydroxylation is 4. The fourth-order valence-electron chi connectivity index (χ4n) is 17.3. The normalized spacial score (nSPS) is 16.8. The molecule has 2 radical (unpaired) electrons. The van der Waals surface area contributed by atoms with Crippen molar-refractivity contribution in [2.24, 2.45) is 5.73 Å². The number of nitrogens with two attached hydrogens (primary N) is 1. The highest BCUT2D eigenvalue weighted by Crippen LogP contribution is 2.52. The molecule has 12 N–H and O–H groups in total. The van der Waals surface area contributed by atoms with E-state index in [1.807, 2.05) is 43.2 Å². The van der Waals surface area contributed by atoms with Gasteiger partial charge in [0.25, 0.3) is 30.4 Å². The van der Waals surface area contributed by atoms with Gasteiger partial charge >= 0.3 is 5.97 Å². The van der Waals surface area contributed by atoms with E-state index in [0.29, 0.717) is 81.5 Å². The van der Waals surface area contributed by atoms with Crippen molar-refractivity contribution in [2.45, 2.75) is 213 Å². The van der Waals surface area contributed by atoms with Crippen LogP contribution in [0.25, 0.3) is 21.5 Å². The number of anilines is 1. The van der Waals surface area contributed by atoms with E-state index in [1.165, 1.54) is 36.6 Å². The van der Waals surface area contributed by atoms with Crippen LogP contribution in [-0.2, 0) is 122 Å². The van der Waals surface area contributed by atoms with Crippen LogP contribution in [0.4, 0.5) is 11.4 Å². The molecule has 39 heteroatoms. The lowest BCUT2D eigenvalue weighted by Gasteiger charge is -2.27. The Morgan fingerprint density at radius 1 is 0.738 bits per heavy atom. The van der Waals surface area contributed by atoms with E-state index in [4.69, 9.17) is 17.6 Å². The zero-order valence-corrected chi connectivity index (χ0v) is 74.3. The number of carbonyl (C=O) groups excluding carboxylic acids is 7. The molecule has 3 unspecified atom stereocenters. The number of sulfonamides is 1. The zero-order chi connectivity index (χ0) is 91.4. The number of carboxylic acids is 1. The number of imidazole rings is 1. The van der Waals surface area contributed by atoms with E-state index in [1.54, 1.807) is 74.0 Å². The van der Waals surface area contributed by atoms with Gasteiger partial charge in [0, 0.05) is 133 Å². The van der Waals surface area contributed by atoms with Crippen molar-refractivity contribution in [3.05, 3.63) is 179 Å². The molecule has 3 aromatic heterocycles. The van der Waals surface area contributed by atoms with E-state index in [-0.39, 0.29) is 99.3 Å². The first-order chi connectivity index (χ1) is 59.6. The number of pyridine rings is 1. The summed E-state index contributed by atoms with van der Waals surface area (Å²) in [6, 6.07) is 11.2. The molecular formula is C87H108N15O20S4+. The topological polar surface area (TPSA) is 520 Å². The third kappa shape index (κ3) is 23.2. The lowest BCUT2D eigenvalue weighted by molar-refractivity contribution is -0.436. The van der Waals surface area contributed by atoms with Gasteiger partial charge in [0.1, 0.15) is 35.4 Å². The number of H-pyrrole nitrogens is 1. The Morgan fingerprint density at radius 3 is 2.15 bits per heavy atom. The molecule has 1 fully saturated rings. The number of hydrogen-bond donors (Lipinski definition) is 11. The maximum absolute atomic E-state index is 14.8. The average Bonchev–Trinajstić information content (AvgIpc) is 1.56. The molecule has 126 heavy (non-hydrogen) atoms. The summed E-state index contributed by atoms with van der Waals surface area (Å²) in [6.07, 6.45) is 23.0. The average molecular weight is 1810 g/mol. The predicted octanol–water partition coefficient (Wildman–Crippen LogP) is 6.91. The van der Waals surface area contributed by atoms with Gasteiger partial charge in [-0.3, -0.25) is 57.0 Å². The van der Waals surface area contributed by atoms with Gasteiger partial charge in [-0.25, -0.2) is 27.7 Å².